The number of amides is 1. The number of hydrogen-bond donors (Lipinski definition) is 1. The van der Waals surface area contributed by atoms with Crippen LogP contribution in [0.5, 0.6) is 0 Å². The minimum atomic E-state index is 0.181. The van der Waals surface area contributed by atoms with E-state index in [2.05, 4.69) is 35.3 Å². The molecule has 1 aromatic rings. The van der Waals surface area contributed by atoms with E-state index in [-0.39, 0.29) is 5.91 Å². The molecule has 1 aromatic heterocycles. The molecule has 19 heavy (non-hydrogen) atoms. The van der Waals surface area contributed by atoms with Crippen LogP contribution in [0.4, 0.5) is 0 Å². The SMILES string of the molecule is CCNC(c1ccn(CCC(=O)N(C)C)c1)C1CC1. The maximum absolute atomic E-state index is 11.6. The molecule has 1 atom stereocenters. The van der Waals surface area contributed by atoms with Gasteiger partial charge in [0.2, 0.25) is 5.91 Å². The number of aromatic nitrogens is 1. The van der Waals surface area contributed by atoms with Crippen LogP contribution in [0.3, 0.4) is 0 Å². The summed E-state index contributed by atoms with van der Waals surface area (Å²) in [5.41, 5.74) is 1.36. The molecule has 1 heterocycles. The van der Waals surface area contributed by atoms with Gasteiger partial charge in [0.05, 0.1) is 0 Å². The predicted octanol–water partition coefficient (Wildman–Crippen LogP) is 2.03. The Morgan fingerprint density at radius 1 is 1.53 bits per heavy atom. The second kappa shape index (κ2) is 6.24. The first-order valence-electron chi connectivity index (χ1n) is 7.21. The van der Waals surface area contributed by atoms with Crippen LogP contribution in [0.1, 0.15) is 37.8 Å². The van der Waals surface area contributed by atoms with Gasteiger partial charge in [-0.2, -0.15) is 0 Å². The van der Waals surface area contributed by atoms with E-state index in [9.17, 15) is 4.79 Å². The summed E-state index contributed by atoms with van der Waals surface area (Å²) in [5.74, 6) is 0.986. The van der Waals surface area contributed by atoms with Crippen molar-refractivity contribution >= 4 is 5.91 Å². The first-order valence-corrected chi connectivity index (χ1v) is 7.21. The highest BCUT2D eigenvalue weighted by atomic mass is 16.2. The topological polar surface area (TPSA) is 37.3 Å². The maximum Gasteiger partial charge on any atom is 0.223 e. The lowest BCUT2D eigenvalue weighted by Crippen LogP contribution is -2.23. The van der Waals surface area contributed by atoms with Crippen molar-refractivity contribution in [2.75, 3.05) is 20.6 Å². The fourth-order valence-corrected chi connectivity index (χ4v) is 2.44. The largest absolute Gasteiger partial charge is 0.353 e. The number of nitrogens with zero attached hydrogens (tertiary/aromatic N) is 2. The van der Waals surface area contributed by atoms with E-state index >= 15 is 0 Å². The van der Waals surface area contributed by atoms with E-state index in [1.165, 1.54) is 18.4 Å². The van der Waals surface area contributed by atoms with Crippen LogP contribution in [-0.2, 0) is 11.3 Å². The molecule has 0 radical (unpaired) electrons. The summed E-state index contributed by atoms with van der Waals surface area (Å²) in [5, 5.41) is 3.57. The molecule has 0 bridgehead atoms. The molecule has 106 valence electrons. The van der Waals surface area contributed by atoms with Crippen LogP contribution >= 0.6 is 0 Å². The highest BCUT2D eigenvalue weighted by molar-refractivity contribution is 5.75. The van der Waals surface area contributed by atoms with Crippen molar-refractivity contribution in [3.63, 3.8) is 0 Å². The van der Waals surface area contributed by atoms with Gasteiger partial charge in [-0.05, 0) is 36.9 Å². The summed E-state index contributed by atoms with van der Waals surface area (Å²) in [6.07, 6.45) is 7.51. The van der Waals surface area contributed by atoms with Gasteiger partial charge in [0, 0.05) is 45.5 Å². The standard InChI is InChI=1S/C15H25N3O/c1-4-16-15(12-5-6-12)13-7-9-18(11-13)10-8-14(19)17(2)3/h7,9,11-12,15-16H,4-6,8,10H2,1-3H3. The highest BCUT2D eigenvalue weighted by Gasteiger charge is 2.31. The maximum atomic E-state index is 11.6. The van der Waals surface area contributed by atoms with Crippen LogP contribution in [-0.4, -0.2) is 36.0 Å². The zero-order valence-electron chi connectivity index (χ0n) is 12.2. The Bertz CT molecular complexity index is 421. The van der Waals surface area contributed by atoms with Crippen molar-refractivity contribution in [1.29, 1.82) is 0 Å². The molecule has 1 amide bonds. The Morgan fingerprint density at radius 3 is 2.84 bits per heavy atom. The van der Waals surface area contributed by atoms with Crippen molar-refractivity contribution in [3.8, 4) is 0 Å². The molecule has 0 spiro atoms. The predicted molar refractivity (Wildman–Crippen MR) is 76.9 cm³/mol. The van der Waals surface area contributed by atoms with Crippen LogP contribution in [0.25, 0.3) is 0 Å². The van der Waals surface area contributed by atoms with Gasteiger partial charge in [-0.25, -0.2) is 0 Å². The zero-order chi connectivity index (χ0) is 13.8. The number of nitrogens with one attached hydrogen (secondary N) is 1. The fourth-order valence-electron chi connectivity index (χ4n) is 2.44. The summed E-state index contributed by atoms with van der Waals surface area (Å²) in [7, 11) is 3.61. The smallest absolute Gasteiger partial charge is 0.223 e. The van der Waals surface area contributed by atoms with Crippen LogP contribution in [0.15, 0.2) is 18.5 Å². The lowest BCUT2D eigenvalue weighted by atomic mass is 10.1. The molecule has 1 N–H and O–H groups in total. The van der Waals surface area contributed by atoms with Crippen molar-refractivity contribution in [3.05, 3.63) is 24.0 Å². The average molecular weight is 263 g/mol. The lowest BCUT2D eigenvalue weighted by Gasteiger charge is -2.15. The van der Waals surface area contributed by atoms with Gasteiger partial charge in [-0.3, -0.25) is 4.79 Å². The van der Waals surface area contributed by atoms with E-state index in [1.54, 1.807) is 19.0 Å². The summed E-state index contributed by atoms with van der Waals surface area (Å²) < 4.78 is 2.13. The van der Waals surface area contributed by atoms with Gasteiger partial charge in [0.15, 0.2) is 0 Å². The van der Waals surface area contributed by atoms with Gasteiger partial charge in [0.1, 0.15) is 0 Å². The third-order valence-corrected chi connectivity index (χ3v) is 3.73. The Balaban J connectivity index is 1.92. The van der Waals surface area contributed by atoms with E-state index in [0.29, 0.717) is 12.5 Å². The molecule has 1 aliphatic carbocycles. The third kappa shape index (κ3) is 3.83. The van der Waals surface area contributed by atoms with Crippen molar-refractivity contribution in [2.24, 2.45) is 5.92 Å². The Morgan fingerprint density at radius 2 is 2.26 bits per heavy atom. The number of carbonyl (C=O) groups excluding carboxylic acids is 1. The quantitative estimate of drug-likeness (QED) is 0.817. The molecule has 1 fully saturated rings. The second-order valence-corrected chi connectivity index (χ2v) is 5.59. The average Bonchev–Trinajstić information content (AvgIpc) is 3.11. The van der Waals surface area contributed by atoms with Gasteiger partial charge >= 0.3 is 0 Å². The van der Waals surface area contributed by atoms with E-state index in [4.69, 9.17) is 0 Å². The van der Waals surface area contributed by atoms with E-state index < -0.39 is 0 Å². The normalized spacial score (nSPS) is 16.4. The summed E-state index contributed by atoms with van der Waals surface area (Å²) >= 11 is 0. The van der Waals surface area contributed by atoms with Gasteiger partial charge in [0.25, 0.3) is 0 Å². The van der Waals surface area contributed by atoms with Gasteiger partial charge in [-0.1, -0.05) is 6.92 Å². The molecule has 0 aliphatic heterocycles. The molecular weight excluding hydrogens is 238 g/mol. The van der Waals surface area contributed by atoms with Gasteiger partial charge in [-0.15, -0.1) is 0 Å². The minimum Gasteiger partial charge on any atom is -0.353 e. The van der Waals surface area contributed by atoms with Crippen molar-refractivity contribution in [1.82, 2.24) is 14.8 Å². The lowest BCUT2D eigenvalue weighted by molar-refractivity contribution is -0.128. The first-order chi connectivity index (χ1) is 9.11. The molecule has 1 saturated carbocycles. The zero-order valence-corrected chi connectivity index (χ0v) is 12.2. The second-order valence-electron chi connectivity index (χ2n) is 5.59. The molecule has 4 nitrogen and oxygen atoms in total. The number of rotatable bonds is 7. The molecule has 1 unspecified atom stereocenters. The molecule has 1 aliphatic rings. The first kappa shape index (κ1) is 14.1. The molecule has 4 heteroatoms. The monoisotopic (exact) mass is 263 g/mol. The number of hydrogen-bond acceptors (Lipinski definition) is 2. The molecule has 0 saturated heterocycles. The van der Waals surface area contributed by atoms with Crippen molar-refractivity contribution < 1.29 is 4.79 Å². The van der Waals surface area contributed by atoms with Crippen LogP contribution in [0, 0.1) is 5.92 Å². The molecule has 2 rings (SSSR count). The molecular formula is C15H25N3O. The Kier molecular flexibility index (Phi) is 4.64. The highest BCUT2D eigenvalue weighted by Crippen LogP contribution is 2.40. The van der Waals surface area contributed by atoms with E-state index in [0.717, 1.165) is 19.0 Å². The molecule has 0 aromatic carbocycles. The van der Waals surface area contributed by atoms with Crippen molar-refractivity contribution in [2.45, 2.75) is 38.8 Å². The summed E-state index contributed by atoms with van der Waals surface area (Å²) in [4.78, 5) is 13.2. The summed E-state index contributed by atoms with van der Waals surface area (Å²) in [6.45, 7) is 3.92. The third-order valence-electron chi connectivity index (χ3n) is 3.73. The van der Waals surface area contributed by atoms with Crippen LogP contribution in [0.2, 0.25) is 0 Å². The summed E-state index contributed by atoms with van der Waals surface area (Å²) in [6, 6.07) is 2.68. The Hall–Kier alpha value is -1.29. The van der Waals surface area contributed by atoms with Crippen LogP contribution < -0.4 is 5.32 Å². The Labute approximate surface area is 115 Å². The minimum absolute atomic E-state index is 0.181. The van der Waals surface area contributed by atoms with E-state index in [1.807, 2.05) is 0 Å². The number of carbonyl (C=O) groups is 1. The van der Waals surface area contributed by atoms with Gasteiger partial charge < -0.3 is 14.8 Å². The fraction of sp³-hybridized carbons (Fsp3) is 0.667. The number of aryl methyl sites for hydroxylation is 1.